The zero-order chi connectivity index (χ0) is 15.7. The molecule has 0 aromatic heterocycles. The molecule has 2 aliphatic rings. The molecule has 0 bridgehead atoms. The smallest absolute Gasteiger partial charge is 0.251 e. The molecule has 1 saturated heterocycles. The van der Waals surface area contributed by atoms with E-state index in [2.05, 4.69) is 5.32 Å². The number of likely N-dealkylation sites (tertiary alicyclic amines) is 1. The minimum absolute atomic E-state index is 0.0701. The molecular weight excluding hydrogens is 280 g/mol. The maximum absolute atomic E-state index is 12.1. The maximum atomic E-state index is 12.1. The molecule has 116 valence electrons. The summed E-state index contributed by atoms with van der Waals surface area (Å²) in [6, 6.07) is 7.31. The van der Waals surface area contributed by atoms with Crippen molar-refractivity contribution in [2.75, 3.05) is 0 Å². The Balaban J connectivity index is 1.61. The van der Waals surface area contributed by atoms with E-state index in [1.54, 1.807) is 24.3 Å². The summed E-state index contributed by atoms with van der Waals surface area (Å²) in [7, 11) is 0. The Labute approximate surface area is 129 Å². The van der Waals surface area contributed by atoms with Crippen molar-refractivity contribution in [2.24, 2.45) is 5.92 Å². The number of rotatable bonds is 5. The maximum Gasteiger partial charge on any atom is 0.251 e. The van der Waals surface area contributed by atoms with Gasteiger partial charge in [0.25, 0.3) is 5.91 Å². The number of carbonyl (C=O) groups is 3. The minimum Gasteiger partial charge on any atom is -0.349 e. The Bertz CT molecular complexity index is 589. The number of hydrogen-bond donors (Lipinski definition) is 1. The number of hydrogen-bond acceptors (Lipinski definition) is 3. The number of nitrogens with one attached hydrogen (secondary N) is 1. The van der Waals surface area contributed by atoms with Gasteiger partial charge in [0, 0.05) is 24.4 Å². The van der Waals surface area contributed by atoms with E-state index in [0.717, 1.165) is 5.56 Å². The van der Waals surface area contributed by atoms with Crippen molar-refractivity contribution in [2.45, 2.75) is 45.2 Å². The van der Waals surface area contributed by atoms with Crippen molar-refractivity contribution in [1.29, 1.82) is 0 Å². The lowest BCUT2D eigenvalue weighted by molar-refractivity contribution is -0.139. The highest BCUT2D eigenvalue weighted by Gasteiger charge is 2.30. The van der Waals surface area contributed by atoms with Crippen LogP contribution in [0.3, 0.4) is 0 Å². The van der Waals surface area contributed by atoms with Gasteiger partial charge in [0.05, 0.1) is 6.54 Å². The molecule has 1 aliphatic carbocycles. The van der Waals surface area contributed by atoms with Gasteiger partial charge in [-0.2, -0.15) is 0 Å². The van der Waals surface area contributed by atoms with Gasteiger partial charge in [0.2, 0.25) is 11.8 Å². The fourth-order valence-electron chi connectivity index (χ4n) is 2.75. The summed E-state index contributed by atoms with van der Waals surface area (Å²) in [5, 5.41) is 3.01. The lowest BCUT2D eigenvalue weighted by Gasteiger charge is -2.15. The van der Waals surface area contributed by atoms with Crippen molar-refractivity contribution in [3.63, 3.8) is 0 Å². The Kier molecular flexibility index (Phi) is 3.96. The molecular formula is C17H20N2O3. The first-order chi connectivity index (χ1) is 10.5. The topological polar surface area (TPSA) is 66.5 Å². The van der Waals surface area contributed by atoms with Gasteiger partial charge in [0.15, 0.2) is 0 Å². The van der Waals surface area contributed by atoms with Crippen LogP contribution in [-0.2, 0) is 16.1 Å². The molecule has 1 heterocycles. The van der Waals surface area contributed by atoms with Gasteiger partial charge in [0.1, 0.15) is 0 Å². The summed E-state index contributed by atoms with van der Waals surface area (Å²) in [5.74, 6) is 0.310. The number of amides is 3. The first-order valence-electron chi connectivity index (χ1n) is 7.77. The first kappa shape index (κ1) is 14.8. The van der Waals surface area contributed by atoms with Crippen molar-refractivity contribution in [3.05, 3.63) is 35.4 Å². The summed E-state index contributed by atoms with van der Waals surface area (Å²) in [6.45, 7) is 2.33. The van der Waals surface area contributed by atoms with E-state index < -0.39 is 0 Å². The van der Waals surface area contributed by atoms with Crippen molar-refractivity contribution in [1.82, 2.24) is 10.2 Å². The van der Waals surface area contributed by atoms with Gasteiger partial charge in [-0.25, -0.2) is 0 Å². The Morgan fingerprint density at radius 3 is 2.32 bits per heavy atom. The molecule has 0 radical (unpaired) electrons. The quantitative estimate of drug-likeness (QED) is 0.844. The molecule has 1 unspecified atom stereocenters. The lowest BCUT2D eigenvalue weighted by atomic mass is 10.1. The Morgan fingerprint density at radius 2 is 1.77 bits per heavy atom. The van der Waals surface area contributed by atoms with Crippen LogP contribution in [0, 0.1) is 5.92 Å². The molecule has 5 heteroatoms. The fourth-order valence-corrected chi connectivity index (χ4v) is 2.75. The molecule has 2 fully saturated rings. The molecule has 1 aromatic carbocycles. The van der Waals surface area contributed by atoms with Crippen LogP contribution in [0.4, 0.5) is 0 Å². The molecule has 1 N–H and O–H groups in total. The zero-order valence-corrected chi connectivity index (χ0v) is 12.7. The number of benzene rings is 1. The van der Waals surface area contributed by atoms with Crippen LogP contribution in [0.25, 0.3) is 0 Å². The van der Waals surface area contributed by atoms with Gasteiger partial charge in [-0.3, -0.25) is 19.3 Å². The largest absolute Gasteiger partial charge is 0.349 e. The Morgan fingerprint density at radius 1 is 1.18 bits per heavy atom. The van der Waals surface area contributed by atoms with E-state index in [1.807, 2.05) is 6.92 Å². The van der Waals surface area contributed by atoms with Crippen molar-refractivity contribution < 1.29 is 14.4 Å². The first-order valence-corrected chi connectivity index (χ1v) is 7.77. The molecule has 1 aromatic rings. The summed E-state index contributed by atoms with van der Waals surface area (Å²) >= 11 is 0. The standard InChI is InChI=1S/C17H20N2O3/c1-11(13-6-7-13)18-17(22)14-4-2-12(3-5-14)10-19-15(20)8-9-16(19)21/h2-5,11,13H,6-10H2,1H3,(H,18,22). The third-order valence-corrected chi connectivity index (χ3v) is 4.40. The van der Waals surface area contributed by atoms with Gasteiger partial charge in [-0.1, -0.05) is 12.1 Å². The highest BCUT2D eigenvalue weighted by atomic mass is 16.2. The van der Waals surface area contributed by atoms with E-state index in [1.165, 1.54) is 17.7 Å². The van der Waals surface area contributed by atoms with Gasteiger partial charge in [-0.15, -0.1) is 0 Å². The molecule has 1 aliphatic heterocycles. The second-order valence-electron chi connectivity index (χ2n) is 6.17. The van der Waals surface area contributed by atoms with Gasteiger partial charge < -0.3 is 5.32 Å². The van der Waals surface area contributed by atoms with Crippen molar-refractivity contribution >= 4 is 17.7 Å². The summed E-state index contributed by atoms with van der Waals surface area (Å²) in [6.07, 6.45) is 2.99. The molecule has 3 amide bonds. The van der Waals surface area contributed by atoms with Gasteiger partial charge >= 0.3 is 0 Å². The van der Waals surface area contributed by atoms with Crippen LogP contribution in [0.2, 0.25) is 0 Å². The van der Waals surface area contributed by atoms with E-state index in [-0.39, 0.29) is 30.3 Å². The molecule has 1 atom stereocenters. The summed E-state index contributed by atoms with van der Waals surface area (Å²) in [5.41, 5.74) is 1.46. The second kappa shape index (κ2) is 5.91. The van der Waals surface area contributed by atoms with Crippen LogP contribution < -0.4 is 5.32 Å². The summed E-state index contributed by atoms with van der Waals surface area (Å²) in [4.78, 5) is 36.6. The molecule has 0 spiro atoms. The SMILES string of the molecule is CC(NC(=O)c1ccc(CN2C(=O)CCC2=O)cc1)C1CC1. The molecule has 3 rings (SSSR count). The molecule has 5 nitrogen and oxygen atoms in total. The fraction of sp³-hybridized carbons (Fsp3) is 0.471. The van der Waals surface area contributed by atoms with E-state index >= 15 is 0 Å². The third-order valence-electron chi connectivity index (χ3n) is 4.40. The Hall–Kier alpha value is -2.17. The minimum atomic E-state index is -0.120. The normalized spacial score (nSPS) is 19.4. The van der Waals surface area contributed by atoms with Crippen LogP contribution in [0.15, 0.2) is 24.3 Å². The zero-order valence-electron chi connectivity index (χ0n) is 12.7. The second-order valence-corrected chi connectivity index (χ2v) is 6.17. The van der Waals surface area contributed by atoms with Crippen molar-refractivity contribution in [3.8, 4) is 0 Å². The highest BCUT2D eigenvalue weighted by Crippen LogP contribution is 2.32. The molecule has 22 heavy (non-hydrogen) atoms. The average Bonchev–Trinajstić information content (AvgIpc) is 3.31. The van der Waals surface area contributed by atoms with E-state index in [9.17, 15) is 14.4 Å². The van der Waals surface area contributed by atoms with Gasteiger partial charge in [-0.05, 0) is 43.4 Å². The number of imide groups is 1. The average molecular weight is 300 g/mol. The predicted molar refractivity (Wildman–Crippen MR) is 80.9 cm³/mol. The highest BCUT2D eigenvalue weighted by molar-refractivity contribution is 6.01. The third kappa shape index (κ3) is 3.18. The van der Waals surface area contributed by atoms with Crippen LogP contribution in [0.1, 0.15) is 48.5 Å². The van der Waals surface area contributed by atoms with Crippen LogP contribution >= 0.6 is 0 Å². The molecule has 1 saturated carbocycles. The van der Waals surface area contributed by atoms with Crippen LogP contribution in [-0.4, -0.2) is 28.7 Å². The van der Waals surface area contributed by atoms with E-state index in [4.69, 9.17) is 0 Å². The van der Waals surface area contributed by atoms with E-state index in [0.29, 0.717) is 24.3 Å². The number of nitrogens with zero attached hydrogens (tertiary/aromatic N) is 1. The summed E-state index contributed by atoms with van der Waals surface area (Å²) < 4.78 is 0. The lowest BCUT2D eigenvalue weighted by Crippen LogP contribution is -2.34. The number of carbonyl (C=O) groups excluding carboxylic acids is 3. The predicted octanol–water partition coefficient (Wildman–Crippen LogP) is 1.86. The van der Waals surface area contributed by atoms with Crippen LogP contribution in [0.5, 0.6) is 0 Å². The monoisotopic (exact) mass is 300 g/mol.